The van der Waals surface area contributed by atoms with Crippen LogP contribution in [0.1, 0.15) is 0 Å². The molecule has 1 fully saturated rings. The molecule has 1 aliphatic rings. The van der Waals surface area contributed by atoms with E-state index in [1.54, 1.807) is 0 Å². The maximum Gasteiger partial charge on any atom is 0.0751 e. The average Bonchev–Trinajstić information content (AvgIpc) is 2.94. The van der Waals surface area contributed by atoms with E-state index in [2.05, 4.69) is 50.3 Å². The Labute approximate surface area is 101 Å². The number of anilines is 2. The number of aromatic amines is 1. The molecular formula is C13H16N4. The van der Waals surface area contributed by atoms with E-state index >= 15 is 0 Å². The lowest BCUT2D eigenvalue weighted by Crippen LogP contribution is -2.46. The summed E-state index contributed by atoms with van der Waals surface area (Å²) in [4.78, 5) is 4.79. The Morgan fingerprint density at radius 3 is 2.12 bits per heavy atom. The molecule has 0 amide bonds. The molecule has 2 heterocycles. The van der Waals surface area contributed by atoms with Gasteiger partial charge in [-0.05, 0) is 12.1 Å². The summed E-state index contributed by atoms with van der Waals surface area (Å²) >= 11 is 0. The molecule has 4 nitrogen and oxygen atoms in total. The predicted octanol–water partition coefficient (Wildman–Crippen LogP) is 1.74. The van der Waals surface area contributed by atoms with E-state index in [1.165, 1.54) is 11.4 Å². The van der Waals surface area contributed by atoms with Gasteiger partial charge in [-0.2, -0.15) is 5.10 Å². The number of para-hydroxylation sites is 1. The molecule has 1 aromatic heterocycles. The van der Waals surface area contributed by atoms with Crippen molar-refractivity contribution in [2.24, 2.45) is 0 Å². The van der Waals surface area contributed by atoms with Gasteiger partial charge in [0.15, 0.2) is 0 Å². The Morgan fingerprint density at radius 1 is 0.882 bits per heavy atom. The molecule has 1 aromatic carbocycles. The molecule has 0 aliphatic carbocycles. The van der Waals surface area contributed by atoms with Gasteiger partial charge in [0.05, 0.1) is 11.9 Å². The van der Waals surface area contributed by atoms with E-state index < -0.39 is 0 Å². The van der Waals surface area contributed by atoms with E-state index in [-0.39, 0.29) is 0 Å². The highest BCUT2D eigenvalue weighted by molar-refractivity contribution is 5.50. The smallest absolute Gasteiger partial charge is 0.0751 e. The molecule has 0 radical (unpaired) electrons. The third-order valence-electron chi connectivity index (χ3n) is 3.25. The van der Waals surface area contributed by atoms with Crippen molar-refractivity contribution in [2.45, 2.75) is 0 Å². The first-order chi connectivity index (χ1) is 8.43. The third kappa shape index (κ3) is 2.11. The summed E-state index contributed by atoms with van der Waals surface area (Å²) < 4.78 is 0. The quantitative estimate of drug-likeness (QED) is 0.850. The zero-order valence-electron chi connectivity index (χ0n) is 9.71. The number of hydrogen-bond donors (Lipinski definition) is 1. The molecule has 4 heteroatoms. The zero-order chi connectivity index (χ0) is 11.5. The van der Waals surface area contributed by atoms with Gasteiger partial charge in [0.2, 0.25) is 0 Å². The number of rotatable bonds is 2. The number of nitrogens with zero attached hydrogens (tertiary/aromatic N) is 3. The lowest BCUT2D eigenvalue weighted by molar-refractivity contribution is 0.654. The van der Waals surface area contributed by atoms with Crippen LogP contribution in [0.5, 0.6) is 0 Å². The first-order valence-electron chi connectivity index (χ1n) is 5.97. The topological polar surface area (TPSA) is 35.2 Å². The van der Waals surface area contributed by atoms with E-state index in [9.17, 15) is 0 Å². The fourth-order valence-corrected chi connectivity index (χ4v) is 2.28. The molecule has 1 aliphatic heterocycles. The monoisotopic (exact) mass is 228 g/mol. The maximum absolute atomic E-state index is 3.99. The minimum atomic E-state index is 1.05. The Kier molecular flexibility index (Phi) is 2.69. The SMILES string of the molecule is c1ccc(N2CCN(c3cn[nH]c3)CC2)cc1. The largest absolute Gasteiger partial charge is 0.368 e. The van der Waals surface area contributed by atoms with Crippen LogP contribution in [0.3, 0.4) is 0 Å². The van der Waals surface area contributed by atoms with Crippen LogP contribution in [-0.2, 0) is 0 Å². The Hall–Kier alpha value is -1.97. The van der Waals surface area contributed by atoms with E-state index in [0.717, 1.165) is 26.2 Å². The molecule has 1 N–H and O–H groups in total. The first-order valence-corrected chi connectivity index (χ1v) is 5.97. The average molecular weight is 228 g/mol. The molecule has 0 unspecified atom stereocenters. The summed E-state index contributed by atoms with van der Waals surface area (Å²) in [5, 5.41) is 6.86. The molecule has 0 saturated carbocycles. The van der Waals surface area contributed by atoms with Crippen molar-refractivity contribution < 1.29 is 0 Å². The van der Waals surface area contributed by atoms with Crippen LogP contribution in [0.2, 0.25) is 0 Å². The molecule has 17 heavy (non-hydrogen) atoms. The van der Waals surface area contributed by atoms with Gasteiger partial charge in [0, 0.05) is 38.1 Å². The van der Waals surface area contributed by atoms with Gasteiger partial charge < -0.3 is 9.80 Å². The molecule has 0 spiro atoms. The van der Waals surface area contributed by atoms with Crippen molar-refractivity contribution in [1.29, 1.82) is 0 Å². The first kappa shape index (κ1) is 10.2. The fourth-order valence-electron chi connectivity index (χ4n) is 2.28. The van der Waals surface area contributed by atoms with Gasteiger partial charge in [-0.1, -0.05) is 18.2 Å². The number of hydrogen-bond acceptors (Lipinski definition) is 3. The van der Waals surface area contributed by atoms with E-state index in [1.807, 2.05) is 12.4 Å². The fraction of sp³-hybridized carbons (Fsp3) is 0.308. The Balaban J connectivity index is 1.65. The number of nitrogens with one attached hydrogen (secondary N) is 1. The van der Waals surface area contributed by atoms with Gasteiger partial charge in [-0.15, -0.1) is 0 Å². The third-order valence-corrected chi connectivity index (χ3v) is 3.25. The highest BCUT2D eigenvalue weighted by atomic mass is 15.3. The molecule has 3 rings (SSSR count). The highest BCUT2D eigenvalue weighted by Gasteiger charge is 2.17. The zero-order valence-corrected chi connectivity index (χ0v) is 9.71. The summed E-state index contributed by atoms with van der Waals surface area (Å²) in [6, 6.07) is 10.6. The van der Waals surface area contributed by atoms with Crippen molar-refractivity contribution in [3.63, 3.8) is 0 Å². The van der Waals surface area contributed by atoms with Crippen LogP contribution in [0, 0.1) is 0 Å². The van der Waals surface area contributed by atoms with Crippen molar-refractivity contribution in [2.75, 3.05) is 36.0 Å². The number of aromatic nitrogens is 2. The van der Waals surface area contributed by atoms with Gasteiger partial charge in [0.1, 0.15) is 0 Å². The van der Waals surface area contributed by atoms with Crippen LogP contribution in [0.15, 0.2) is 42.7 Å². The van der Waals surface area contributed by atoms with Crippen LogP contribution in [0.25, 0.3) is 0 Å². The lowest BCUT2D eigenvalue weighted by atomic mass is 10.2. The minimum Gasteiger partial charge on any atom is -0.368 e. The van der Waals surface area contributed by atoms with Gasteiger partial charge in [-0.25, -0.2) is 0 Å². The molecule has 0 atom stereocenters. The molecule has 1 saturated heterocycles. The second-order valence-electron chi connectivity index (χ2n) is 4.27. The van der Waals surface area contributed by atoms with Gasteiger partial charge in [-0.3, -0.25) is 5.10 Å². The molecule has 88 valence electrons. The predicted molar refractivity (Wildman–Crippen MR) is 69.5 cm³/mol. The van der Waals surface area contributed by atoms with Crippen molar-refractivity contribution >= 4 is 11.4 Å². The molecular weight excluding hydrogens is 212 g/mol. The van der Waals surface area contributed by atoms with Crippen molar-refractivity contribution in [3.8, 4) is 0 Å². The second-order valence-corrected chi connectivity index (χ2v) is 4.27. The summed E-state index contributed by atoms with van der Waals surface area (Å²) in [7, 11) is 0. The van der Waals surface area contributed by atoms with E-state index in [4.69, 9.17) is 0 Å². The lowest BCUT2D eigenvalue weighted by Gasteiger charge is -2.36. The maximum atomic E-state index is 3.99. The van der Waals surface area contributed by atoms with Crippen LogP contribution in [-0.4, -0.2) is 36.4 Å². The van der Waals surface area contributed by atoms with Crippen LogP contribution < -0.4 is 9.80 Å². The molecule has 0 bridgehead atoms. The highest BCUT2D eigenvalue weighted by Crippen LogP contribution is 2.18. The Morgan fingerprint density at radius 2 is 1.53 bits per heavy atom. The standard InChI is InChI=1S/C13H16N4/c1-2-4-12(5-3-1)16-6-8-17(9-7-16)13-10-14-15-11-13/h1-5,10-11H,6-9H2,(H,14,15). The summed E-state index contributed by atoms with van der Waals surface area (Å²) in [5.74, 6) is 0. The van der Waals surface area contributed by atoms with Crippen LogP contribution >= 0.6 is 0 Å². The number of H-pyrrole nitrogens is 1. The normalized spacial score (nSPS) is 16.2. The summed E-state index contributed by atoms with van der Waals surface area (Å²) in [6.45, 7) is 4.23. The van der Waals surface area contributed by atoms with Crippen molar-refractivity contribution in [3.05, 3.63) is 42.7 Å². The molecule has 2 aromatic rings. The van der Waals surface area contributed by atoms with Crippen LogP contribution in [0.4, 0.5) is 11.4 Å². The second kappa shape index (κ2) is 4.49. The van der Waals surface area contributed by atoms with E-state index in [0.29, 0.717) is 0 Å². The number of piperazine rings is 1. The Bertz CT molecular complexity index is 444. The number of benzene rings is 1. The minimum absolute atomic E-state index is 1.05. The van der Waals surface area contributed by atoms with Gasteiger partial charge >= 0.3 is 0 Å². The summed E-state index contributed by atoms with van der Waals surface area (Å²) in [6.07, 6.45) is 3.84. The van der Waals surface area contributed by atoms with Crippen molar-refractivity contribution in [1.82, 2.24) is 10.2 Å². The van der Waals surface area contributed by atoms with Gasteiger partial charge in [0.25, 0.3) is 0 Å². The summed E-state index contributed by atoms with van der Waals surface area (Å²) in [5.41, 5.74) is 2.51.